The highest BCUT2D eigenvalue weighted by molar-refractivity contribution is 7.22. The molecule has 2 heterocycles. The molecule has 0 fully saturated rings. The third-order valence-electron chi connectivity index (χ3n) is 3.01. The maximum atomic E-state index is 12.0. The minimum atomic E-state index is -0.465. The van der Waals surface area contributed by atoms with Crippen LogP contribution in [-0.2, 0) is 11.3 Å². The number of rotatable bonds is 5. The summed E-state index contributed by atoms with van der Waals surface area (Å²) in [6.07, 6.45) is 2.90. The van der Waals surface area contributed by atoms with Crippen LogP contribution in [0.15, 0.2) is 41.5 Å². The van der Waals surface area contributed by atoms with Crippen LogP contribution in [0.1, 0.15) is 6.92 Å². The van der Waals surface area contributed by atoms with Crippen molar-refractivity contribution in [1.82, 2.24) is 14.5 Å². The van der Waals surface area contributed by atoms with Gasteiger partial charge in [-0.1, -0.05) is 11.3 Å². The zero-order chi connectivity index (χ0) is 16.2. The van der Waals surface area contributed by atoms with Gasteiger partial charge in [0.05, 0.1) is 16.8 Å². The number of aromatic nitrogens is 3. The minimum Gasteiger partial charge on any atom is -0.494 e. The normalized spacial score (nSPS) is 10.7. The second-order valence-electron chi connectivity index (χ2n) is 4.66. The summed E-state index contributed by atoms with van der Waals surface area (Å²) >= 11 is 1.35. The lowest BCUT2D eigenvalue weighted by atomic mass is 10.3. The lowest BCUT2D eigenvalue weighted by Crippen LogP contribution is -2.28. The first kappa shape index (κ1) is 15.2. The highest BCUT2D eigenvalue weighted by Crippen LogP contribution is 2.29. The number of ether oxygens (including phenoxy) is 1. The summed E-state index contributed by atoms with van der Waals surface area (Å²) in [6, 6.07) is 7.17. The van der Waals surface area contributed by atoms with Gasteiger partial charge in [0, 0.05) is 12.4 Å². The molecule has 8 heteroatoms. The van der Waals surface area contributed by atoms with Crippen LogP contribution < -0.4 is 15.7 Å². The second-order valence-corrected chi connectivity index (χ2v) is 5.69. The molecule has 3 aromatic rings. The number of amides is 1. The van der Waals surface area contributed by atoms with Gasteiger partial charge in [-0.3, -0.25) is 9.36 Å². The maximum Gasteiger partial charge on any atom is 0.347 e. The van der Waals surface area contributed by atoms with Gasteiger partial charge in [-0.15, -0.1) is 0 Å². The first-order valence-electron chi connectivity index (χ1n) is 7.00. The van der Waals surface area contributed by atoms with Crippen LogP contribution in [0.5, 0.6) is 5.75 Å². The zero-order valence-corrected chi connectivity index (χ0v) is 13.2. The van der Waals surface area contributed by atoms with Crippen LogP contribution in [0.3, 0.4) is 0 Å². The molecule has 0 radical (unpaired) electrons. The van der Waals surface area contributed by atoms with E-state index >= 15 is 0 Å². The van der Waals surface area contributed by atoms with E-state index in [0.29, 0.717) is 11.7 Å². The predicted molar refractivity (Wildman–Crippen MR) is 87.9 cm³/mol. The van der Waals surface area contributed by atoms with Gasteiger partial charge in [0.1, 0.15) is 12.3 Å². The van der Waals surface area contributed by atoms with Gasteiger partial charge in [0.25, 0.3) is 0 Å². The number of carbonyl (C=O) groups excluding carboxylic acids is 1. The Morgan fingerprint density at radius 2 is 2.30 bits per heavy atom. The standard InChI is InChI=1S/C15H14N4O3S/c1-2-22-10-4-5-11-12(8-10)23-14(17-11)18-13(20)9-19-7-3-6-16-15(19)21/h3-8H,2,9H2,1H3,(H,17,18,20). The summed E-state index contributed by atoms with van der Waals surface area (Å²) in [7, 11) is 0. The topological polar surface area (TPSA) is 86.1 Å². The molecule has 0 atom stereocenters. The molecule has 0 aliphatic carbocycles. The van der Waals surface area contributed by atoms with Crippen molar-refractivity contribution >= 4 is 32.6 Å². The monoisotopic (exact) mass is 330 g/mol. The van der Waals surface area contributed by atoms with Gasteiger partial charge in [-0.25, -0.2) is 14.8 Å². The van der Waals surface area contributed by atoms with E-state index in [1.165, 1.54) is 28.3 Å². The summed E-state index contributed by atoms with van der Waals surface area (Å²) in [4.78, 5) is 31.5. The largest absolute Gasteiger partial charge is 0.494 e. The van der Waals surface area contributed by atoms with E-state index in [9.17, 15) is 9.59 Å². The van der Waals surface area contributed by atoms with E-state index in [4.69, 9.17) is 4.74 Å². The quantitative estimate of drug-likeness (QED) is 0.772. The van der Waals surface area contributed by atoms with Crippen molar-refractivity contribution in [3.8, 4) is 5.75 Å². The first-order valence-corrected chi connectivity index (χ1v) is 7.82. The minimum absolute atomic E-state index is 0.104. The number of carbonyl (C=O) groups is 1. The third kappa shape index (κ3) is 3.54. The molecule has 0 bridgehead atoms. The van der Waals surface area contributed by atoms with E-state index in [1.54, 1.807) is 6.07 Å². The summed E-state index contributed by atoms with van der Waals surface area (Å²) in [5.41, 5.74) is 0.320. The third-order valence-corrected chi connectivity index (χ3v) is 3.95. The SMILES string of the molecule is CCOc1ccc2nc(NC(=O)Cn3cccnc3=O)sc2c1. The number of nitrogens with zero attached hydrogens (tertiary/aromatic N) is 3. The van der Waals surface area contributed by atoms with Crippen LogP contribution in [-0.4, -0.2) is 27.0 Å². The summed E-state index contributed by atoms with van der Waals surface area (Å²) in [6.45, 7) is 2.41. The fourth-order valence-electron chi connectivity index (χ4n) is 2.04. The summed E-state index contributed by atoms with van der Waals surface area (Å²) in [5.74, 6) is 0.438. The number of nitrogens with one attached hydrogen (secondary N) is 1. The highest BCUT2D eigenvalue weighted by Gasteiger charge is 2.10. The van der Waals surface area contributed by atoms with Crippen molar-refractivity contribution in [2.24, 2.45) is 0 Å². The highest BCUT2D eigenvalue weighted by atomic mass is 32.1. The first-order chi connectivity index (χ1) is 11.2. The Morgan fingerprint density at radius 3 is 3.09 bits per heavy atom. The average Bonchev–Trinajstić information content (AvgIpc) is 2.91. The molecule has 1 N–H and O–H groups in total. The molecule has 0 aliphatic heterocycles. The van der Waals surface area contributed by atoms with Crippen molar-refractivity contribution < 1.29 is 9.53 Å². The molecular formula is C15H14N4O3S. The zero-order valence-electron chi connectivity index (χ0n) is 12.4. The molecule has 1 aromatic carbocycles. The lowest BCUT2D eigenvalue weighted by Gasteiger charge is -2.03. The van der Waals surface area contributed by atoms with E-state index in [-0.39, 0.29) is 12.5 Å². The Labute approximate surface area is 135 Å². The number of anilines is 1. The van der Waals surface area contributed by atoms with E-state index < -0.39 is 5.69 Å². The fourth-order valence-corrected chi connectivity index (χ4v) is 2.95. The molecule has 0 aliphatic rings. The van der Waals surface area contributed by atoms with Gasteiger partial charge < -0.3 is 10.1 Å². The van der Waals surface area contributed by atoms with Gasteiger partial charge in [-0.05, 0) is 31.2 Å². The molecule has 0 spiro atoms. The second kappa shape index (κ2) is 6.57. The average molecular weight is 330 g/mol. The van der Waals surface area contributed by atoms with Crippen molar-refractivity contribution in [3.05, 3.63) is 47.1 Å². The van der Waals surface area contributed by atoms with Crippen LogP contribution in [0.2, 0.25) is 0 Å². The van der Waals surface area contributed by atoms with Gasteiger partial charge in [0.15, 0.2) is 5.13 Å². The van der Waals surface area contributed by atoms with Crippen LogP contribution >= 0.6 is 11.3 Å². The molecule has 0 saturated heterocycles. The molecular weight excluding hydrogens is 316 g/mol. The summed E-state index contributed by atoms with van der Waals surface area (Å²) in [5, 5.41) is 3.18. The van der Waals surface area contributed by atoms with Crippen molar-refractivity contribution in [1.29, 1.82) is 0 Å². The smallest absolute Gasteiger partial charge is 0.347 e. The number of hydrogen-bond acceptors (Lipinski definition) is 6. The number of benzene rings is 1. The molecule has 7 nitrogen and oxygen atoms in total. The Hall–Kier alpha value is -2.74. The molecule has 23 heavy (non-hydrogen) atoms. The molecule has 2 aromatic heterocycles. The van der Waals surface area contributed by atoms with Crippen molar-refractivity contribution in [3.63, 3.8) is 0 Å². The summed E-state index contributed by atoms with van der Waals surface area (Å²) < 4.78 is 7.60. The number of thiazole rings is 1. The van der Waals surface area contributed by atoms with Crippen LogP contribution in [0, 0.1) is 0 Å². The molecule has 1 amide bonds. The number of hydrogen-bond donors (Lipinski definition) is 1. The van der Waals surface area contributed by atoms with Crippen molar-refractivity contribution in [2.75, 3.05) is 11.9 Å². The van der Waals surface area contributed by atoms with Crippen LogP contribution in [0.4, 0.5) is 5.13 Å². The Balaban J connectivity index is 1.74. The molecule has 3 rings (SSSR count). The Bertz CT molecular complexity index is 903. The van der Waals surface area contributed by atoms with Crippen LogP contribution in [0.25, 0.3) is 10.2 Å². The molecule has 118 valence electrons. The Kier molecular flexibility index (Phi) is 4.33. The molecule has 0 saturated carbocycles. The van der Waals surface area contributed by atoms with E-state index in [1.807, 2.05) is 25.1 Å². The van der Waals surface area contributed by atoms with E-state index in [0.717, 1.165) is 16.0 Å². The van der Waals surface area contributed by atoms with Gasteiger partial charge >= 0.3 is 5.69 Å². The van der Waals surface area contributed by atoms with Crippen molar-refractivity contribution in [2.45, 2.75) is 13.5 Å². The predicted octanol–water partition coefficient (Wildman–Crippen LogP) is 1.89. The van der Waals surface area contributed by atoms with E-state index in [2.05, 4.69) is 15.3 Å². The van der Waals surface area contributed by atoms with Gasteiger partial charge in [-0.2, -0.15) is 0 Å². The molecule has 0 unspecified atom stereocenters. The lowest BCUT2D eigenvalue weighted by molar-refractivity contribution is -0.116. The number of fused-ring (bicyclic) bond motifs is 1. The fraction of sp³-hybridized carbons (Fsp3) is 0.200. The maximum absolute atomic E-state index is 12.0. The Morgan fingerprint density at radius 1 is 1.43 bits per heavy atom. The van der Waals surface area contributed by atoms with Gasteiger partial charge in [0.2, 0.25) is 5.91 Å².